The number of nitrogens with zero attached hydrogens (tertiary/aromatic N) is 2. The summed E-state index contributed by atoms with van der Waals surface area (Å²) < 4.78 is 0. The topological polar surface area (TPSA) is 51.8 Å². The van der Waals surface area contributed by atoms with Crippen LogP contribution in [0.25, 0.3) is 0 Å². The molecule has 0 saturated carbocycles. The molecule has 0 amide bonds. The van der Waals surface area contributed by atoms with Crippen LogP contribution in [0.1, 0.15) is 5.69 Å². The third-order valence-electron chi connectivity index (χ3n) is 0.936. The molecule has 1 heterocycles. The van der Waals surface area contributed by atoms with Crippen molar-refractivity contribution in [1.29, 1.82) is 0 Å². The van der Waals surface area contributed by atoms with Gasteiger partial charge in [-0.1, -0.05) is 11.6 Å². The highest BCUT2D eigenvalue weighted by molar-refractivity contribution is 6.31. The molecular weight excluding hydrogens is 173 g/mol. The molecule has 2 N–H and O–H groups in total. The monoisotopic (exact) mass is 179 g/mol. The van der Waals surface area contributed by atoms with Gasteiger partial charge in [0.05, 0.1) is 10.7 Å². The summed E-state index contributed by atoms with van der Waals surface area (Å²) in [5.41, 5.74) is 5.97. The first-order valence-corrected chi connectivity index (χ1v) is 2.83. The molecule has 10 heavy (non-hydrogen) atoms. The number of aromatic nitrogens is 2. The Balaban J connectivity index is 0.000000810. The second-order valence-corrected chi connectivity index (χ2v) is 2.11. The van der Waals surface area contributed by atoms with E-state index < -0.39 is 0 Å². The Kier molecular flexibility index (Phi) is 3.39. The SMILES string of the molecule is Cc1nnc(N)cc1Cl.Cl. The number of halogens is 2. The van der Waals surface area contributed by atoms with Crippen LogP contribution in [0, 0.1) is 6.92 Å². The van der Waals surface area contributed by atoms with Crippen LogP contribution in [0.15, 0.2) is 6.07 Å². The summed E-state index contributed by atoms with van der Waals surface area (Å²) in [7, 11) is 0. The van der Waals surface area contributed by atoms with Crippen molar-refractivity contribution in [2.24, 2.45) is 0 Å². The van der Waals surface area contributed by atoms with E-state index >= 15 is 0 Å². The molecule has 0 atom stereocenters. The summed E-state index contributed by atoms with van der Waals surface area (Å²) in [6, 6.07) is 1.57. The third kappa shape index (κ3) is 2.01. The Morgan fingerprint density at radius 1 is 1.50 bits per heavy atom. The largest absolute Gasteiger partial charge is 0.382 e. The van der Waals surface area contributed by atoms with Crippen molar-refractivity contribution in [3.05, 3.63) is 16.8 Å². The van der Waals surface area contributed by atoms with Gasteiger partial charge in [-0.05, 0) is 6.92 Å². The van der Waals surface area contributed by atoms with Crippen LogP contribution < -0.4 is 5.73 Å². The second kappa shape index (κ2) is 3.58. The zero-order valence-corrected chi connectivity index (χ0v) is 6.91. The van der Waals surface area contributed by atoms with E-state index in [-0.39, 0.29) is 12.4 Å². The normalized spacial score (nSPS) is 8.60. The van der Waals surface area contributed by atoms with Crippen molar-refractivity contribution in [2.75, 3.05) is 5.73 Å². The molecule has 1 rings (SSSR count). The molecule has 0 aromatic carbocycles. The van der Waals surface area contributed by atoms with Gasteiger partial charge in [0.2, 0.25) is 0 Å². The lowest BCUT2D eigenvalue weighted by atomic mass is 10.4. The lowest BCUT2D eigenvalue weighted by Crippen LogP contribution is -1.94. The van der Waals surface area contributed by atoms with E-state index in [0.29, 0.717) is 16.5 Å². The van der Waals surface area contributed by atoms with Crippen LogP contribution in [0.5, 0.6) is 0 Å². The molecular formula is C5H7Cl2N3. The van der Waals surface area contributed by atoms with Gasteiger partial charge in [0.15, 0.2) is 0 Å². The van der Waals surface area contributed by atoms with Crippen LogP contribution in [0.2, 0.25) is 5.02 Å². The molecule has 0 fully saturated rings. The van der Waals surface area contributed by atoms with E-state index in [4.69, 9.17) is 17.3 Å². The highest BCUT2D eigenvalue weighted by Crippen LogP contribution is 2.12. The molecule has 0 saturated heterocycles. The van der Waals surface area contributed by atoms with E-state index in [0.717, 1.165) is 0 Å². The van der Waals surface area contributed by atoms with Crippen LogP contribution in [0.3, 0.4) is 0 Å². The second-order valence-electron chi connectivity index (χ2n) is 1.70. The van der Waals surface area contributed by atoms with Crippen LogP contribution >= 0.6 is 24.0 Å². The molecule has 0 spiro atoms. The number of aryl methyl sites for hydroxylation is 1. The van der Waals surface area contributed by atoms with Crippen molar-refractivity contribution in [3.8, 4) is 0 Å². The number of nitrogens with two attached hydrogens (primary N) is 1. The zero-order valence-electron chi connectivity index (χ0n) is 5.34. The van der Waals surface area contributed by atoms with Gasteiger partial charge < -0.3 is 5.73 Å². The van der Waals surface area contributed by atoms with Crippen molar-refractivity contribution < 1.29 is 0 Å². The van der Waals surface area contributed by atoms with E-state index in [1.165, 1.54) is 0 Å². The predicted octanol–water partition coefficient (Wildman–Crippen LogP) is 1.44. The molecule has 1 aromatic heterocycles. The van der Waals surface area contributed by atoms with Gasteiger partial charge in [-0.25, -0.2) is 0 Å². The minimum atomic E-state index is 0. The number of rotatable bonds is 0. The molecule has 3 nitrogen and oxygen atoms in total. The summed E-state index contributed by atoms with van der Waals surface area (Å²) in [6.07, 6.45) is 0. The van der Waals surface area contributed by atoms with Gasteiger partial charge in [-0.15, -0.1) is 17.5 Å². The third-order valence-corrected chi connectivity index (χ3v) is 1.32. The van der Waals surface area contributed by atoms with E-state index in [9.17, 15) is 0 Å². The minimum Gasteiger partial charge on any atom is -0.382 e. The van der Waals surface area contributed by atoms with Gasteiger partial charge in [-0.3, -0.25) is 0 Å². The maximum atomic E-state index is 5.63. The lowest BCUT2D eigenvalue weighted by molar-refractivity contribution is 0.990. The van der Waals surface area contributed by atoms with E-state index in [1.807, 2.05) is 0 Å². The Hall–Kier alpha value is -0.540. The molecule has 5 heteroatoms. The average Bonchev–Trinajstić information content (AvgIpc) is 1.80. The Labute approximate surface area is 70.0 Å². The first kappa shape index (κ1) is 9.46. The fourth-order valence-corrected chi connectivity index (χ4v) is 0.593. The van der Waals surface area contributed by atoms with Crippen LogP contribution in [0.4, 0.5) is 5.82 Å². The number of hydrogen-bond acceptors (Lipinski definition) is 3. The van der Waals surface area contributed by atoms with Crippen molar-refractivity contribution in [2.45, 2.75) is 6.92 Å². The first-order valence-electron chi connectivity index (χ1n) is 2.45. The van der Waals surface area contributed by atoms with Gasteiger partial charge in [0, 0.05) is 6.07 Å². The van der Waals surface area contributed by atoms with Crippen molar-refractivity contribution in [1.82, 2.24) is 10.2 Å². The Morgan fingerprint density at radius 2 is 2.10 bits per heavy atom. The number of nitrogen functional groups attached to an aromatic ring is 1. The lowest BCUT2D eigenvalue weighted by Gasteiger charge is -1.93. The van der Waals surface area contributed by atoms with Crippen molar-refractivity contribution in [3.63, 3.8) is 0 Å². The molecule has 0 unspecified atom stereocenters. The van der Waals surface area contributed by atoms with Gasteiger partial charge >= 0.3 is 0 Å². The number of hydrogen-bond donors (Lipinski definition) is 1. The molecule has 0 radical (unpaired) electrons. The van der Waals surface area contributed by atoms with Crippen LogP contribution in [-0.4, -0.2) is 10.2 Å². The van der Waals surface area contributed by atoms with E-state index in [1.54, 1.807) is 13.0 Å². The maximum Gasteiger partial charge on any atom is 0.147 e. The molecule has 0 bridgehead atoms. The predicted molar refractivity (Wildman–Crippen MR) is 43.4 cm³/mol. The Morgan fingerprint density at radius 3 is 2.50 bits per heavy atom. The minimum absolute atomic E-state index is 0. The smallest absolute Gasteiger partial charge is 0.147 e. The highest BCUT2D eigenvalue weighted by atomic mass is 35.5. The van der Waals surface area contributed by atoms with E-state index in [2.05, 4.69) is 10.2 Å². The van der Waals surface area contributed by atoms with Gasteiger partial charge in [-0.2, -0.15) is 5.10 Å². The van der Waals surface area contributed by atoms with Crippen molar-refractivity contribution >= 4 is 29.8 Å². The molecule has 0 aliphatic carbocycles. The molecule has 0 aliphatic rings. The van der Waals surface area contributed by atoms with Gasteiger partial charge in [0.1, 0.15) is 5.82 Å². The zero-order chi connectivity index (χ0) is 6.85. The molecule has 0 aliphatic heterocycles. The summed E-state index contributed by atoms with van der Waals surface area (Å²) in [4.78, 5) is 0. The quantitative estimate of drug-likeness (QED) is 0.657. The summed E-state index contributed by atoms with van der Waals surface area (Å²) in [5.74, 6) is 0.352. The standard InChI is InChI=1S/C5H6ClN3.ClH/c1-3-4(6)2-5(7)9-8-3;/h2H,1H3,(H2,7,9);1H. The average molecular weight is 180 g/mol. The number of anilines is 1. The molecule has 56 valence electrons. The molecule has 1 aromatic rings. The first-order chi connectivity index (χ1) is 4.20. The highest BCUT2D eigenvalue weighted by Gasteiger charge is 1.95. The summed E-state index contributed by atoms with van der Waals surface area (Å²) in [6.45, 7) is 1.77. The fraction of sp³-hybridized carbons (Fsp3) is 0.200. The summed E-state index contributed by atoms with van der Waals surface area (Å²) in [5, 5.41) is 7.81. The fourth-order valence-electron chi connectivity index (χ4n) is 0.444. The summed E-state index contributed by atoms with van der Waals surface area (Å²) >= 11 is 5.63. The Bertz CT molecular complexity index is 226. The van der Waals surface area contributed by atoms with Gasteiger partial charge in [0.25, 0.3) is 0 Å². The maximum absolute atomic E-state index is 5.63. The van der Waals surface area contributed by atoms with Crippen LogP contribution in [-0.2, 0) is 0 Å².